The van der Waals surface area contributed by atoms with Crippen LogP contribution in [-0.2, 0) is 16.0 Å². The van der Waals surface area contributed by atoms with Crippen molar-refractivity contribution in [3.8, 4) is 0 Å². The van der Waals surface area contributed by atoms with Gasteiger partial charge in [0.15, 0.2) is 0 Å². The lowest BCUT2D eigenvalue weighted by Gasteiger charge is -2.15. The third-order valence-corrected chi connectivity index (χ3v) is 3.28. The number of nitrogens with zero attached hydrogens (tertiary/aromatic N) is 1. The molecule has 0 aliphatic carbocycles. The molecule has 4 nitrogen and oxygen atoms in total. The fraction of sp³-hybridized carbons (Fsp3) is 0.438. The molecule has 0 bridgehead atoms. The monoisotopic (exact) mass is 274 g/mol. The highest BCUT2D eigenvalue weighted by Crippen LogP contribution is 2.14. The number of fused-ring (bicyclic) bond motifs is 1. The van der Waals surface area contributed by atoms with E-state index in [0.717, 1.165) is 24.3 Å². The summed E-state index contributed by atoms with van der Waals surface area (Å²) in [4.78, 5) is 4.51. The van der Waals surface area contributed by atoms with Crippen LogP contribution in [-0.4, -0.2) is 38.5 Å². The Balaban J connectivity index is 1.95. The molecule has 0 fully saturated rings. The molecule has 1 N–H and O–H groups in total. The zero-order valence-electron chi connectivity index (χ0n) is 12.3. The summed E-state index contributed by atoms with van der Waals surface area (Å²) in [6.45, 7) is 4.20. The van der Waals surface area contributed by atoms with E-state index in [9.17, 15) is 0 Å². The van der Waals surface area contributed by atoms with Gasteiger partial charge in [-0.25, -0.2) is 0 Å². The van der Waals surface area contributed by atoms with Crippen LogP contribution < -0.4 is 5.32 Å². The van der Waals surface area contributed by atoms with Crippen molar-refractivity contribution >= 4 is 10.9 Å². The second kappa shape index (κ2) is 7.33. The minimum atomic E-state index is 0.0878. The van der Waals surface area contributed by atoms with Crippen LogP contribution in [0.2, 0.25) is 0 Å². The maximum atomic E-state index is 5.31. The molecule has 0 saturated carbocycles. The maximum absolute atomic E-state index is 5.31. The Morgan fingerprint density at radius 3 is 2.80 bits per heavy atom. The topological polar surface area (TPSA) is 43.4 Å². The highest BCUT2D eigenvalue weighted by atomic mass is 16.5. The van der Waals surface area contributed by atoms with Gasteiger partial charge in [0.25, 0.3) is 0 Å². The number of pyridine rings is 1. The first-order chi connectivity index (χ1) is 9.72. The lowest BCUT2D eigenvalue weighted by atomic mass is 10.1. The van der Waals surface area contributed by atoms with Crippen LogP contribution in [0.1, 0.15) is 11.3 Å². The van der Waals surface area contributed by atoms with Gasteiger partial charge in [0, 0.05) is 38.4 Å². The summed E-state index contributed by atoms with van der Waals surface area (Å²) in [5.74, 6) is 0. The van der Waals surface area contributed by atoms with Crippen LogP contribution >= 0.6 is 0 Å². The van der Waals surface area contributed by atoms with Crippen molar-refractivity contribution in [3.63, 3.8) is 0 Å². The van der Waals surface area contributed by atoms with Gasteiger partial charge in [-0.05, 0) is 30.7 Å². The third kappa shape index (κ3) is 4.00. The van der Waals surface area contributed by atoms with Gasteiger partial charge < -0.3 is 14.8 Å². The van der Waals surface area contributed by atoms with Crippen molar-refractivity contribution in [2.45, 2.75) is 19.6 Å². The molecule has 0 saturated heterocycles. The summed E-state index contributed by atoms with van der Waals surface area (Å²) in [5.41, 5.74) is 3.34. The summed E-state index contributed by atoms with van der Waals surface area (Å²) in [5, 5.41) is 4.56. The number of methoxy groups -OCH3 is 2. The summed E-state index contributed by atoms with van der Waals surface area (Å²) in [6.07, 6.45) is 0.0878. The molecule has 0 spiro atoms. The number of benzene rings is 1. The second-order valence-electron chi connectivity index (χ2n) is 4.92. The third-order valence-electron chi connectivity index (χ3n) is 3.28. The van der Waals surface area contributed by atoms with Crippen molar-refractivity contribution in [2.24, 2.45) is 0 Å². The van der Waals surface area contributed by atoms with E-state index in [1.54, 1.807) is 14.2 Å². The van der Waals surface area contributed by atoms with Gasteiger partial charge in [0.1, 0.15) is 0 Å². The molecule has 1 aromatic heterocycles. The van der Waals surface area contributed by atoms with E-state index < -0.39 is 0 Å². The lowest BCUT2D eigenvalue weighted by molar-refractivity contribution is 0.0288. The van der Waals surface area contributed by atoms with E-state index in [1.807, 2.05) is 13.0 Å². The predicted octanol–water partition coefficient (Wildman–Crippen LogP) is 2.29. The Bertz CT molecular complexity index is 557. The van der Waals surface area contributed by atoms with Gasteiger partial charge in [-0.2, -0.15) is 0 Å². The SMILES string of the molecule is COCC(CNCc1ccc2nc(C)ccc2c1)OC. The highest BCUT2D eigenvalue weighted by Gasteiger charge is 2.06. The van der Waals surface area contributed by atoms with Crippen LogP contribution in [0.3, 0.4) is 0 Å². The fourth-order valence-corrected chi connectivity index (χ4v) is 2.16. The smallest absolute Gasteiger partial charge is 0.0928 e. The number of nitrogens with one attached hydrogen (secondary N) is 1. The summed E-state index contributed by atoms with van der Waals surface area (Å²) < 4.78 is 10.4. The van der Waals surface area contributed by atoms with Crippen molar-refractivity contribution in [3.05, 3.63) is 41.6 Å². The zero-order valence-corrected chi connectivity index (χ0v) is 12.3. The van der Waals surface area contributed by atoms with Crippen molar-refractivity contribution in [1.82, 2.24) is 10.3 Å². The molecule has 0 amide bonds. The quantitative estimate of drug-likeness (QED) is 0.841. The summed E-state index contributed by atoms with van der Waals surface area (Å²) in [7, 11) is 3.39. The van der Waals surface area contributed by atoms with E-state index in [1.165, 1.54) is 10.9 Å². The fourth-order valence-electron chi connectivity index (χ4n) is 2.16. The number of hydrogen-bond donors (Lipinski definition) is 1. The molecule has 1 atom stereocenters. The lowest BCUT2D eigenvalue weighted by Crippen LogP contribution is -2.31. The largest absolute Gasteiger partial charge is 0.382 e. The molecule has 108 valence electrons. The second-order valence-corrected chi connectivity index (χ2v) is 4.92. The molecular weight excluding hydrogens is 252 g/mol. The minimum absolute atomic E-state index is 0.0878. The standard InChI is InChI=1S/C16H22N2O2/c1-12-4-6-14-8-13(5-7-16(14)18-12)9-17-10-15(20-3)11-19-2/h4-8,15,17H,9-11H2,1-3H3. The summed E-state index contributed by atoms with van der Waals surface area (Å²) in [6, 6.07) is 10.5. The number of hydrogen-bond acceptors (Lipinski definition) is 4. The maximum Gasteiger partial charge on any atom is 0.0928 e. The molecule has 1 aromatic carbocycles. The van der Waals surface area contributed by atoms with Crippen LogP contribution in [0.25, 0.3) is 10.9 Å². The van der Waals surface area contributed by atoms with Gasteiger partial charge in [-0.15, -0.1) is 0 Å². The Labute approximate surface area is 120 Å². The first-order valence-corrected chi connectivity index (χ1v) is 6.81. The van der Waals surface area contributed by atoms with Crippen LogP contribution in [0.4, 0.5) is 0 Å². The van der Waals surface area contributed by atoms with Crippen LogP contribution in [0.15, 0.2) is 30.3 Å². The van der Waals surface area contributed by atoms with Crippen molar-refractivity contribution in [2.75, 3.05) is 27.4 Å². The van der Waals surface area contributed by atoms with Crippen molar-refractivity contribution in [1.29, 1.82) is 0 Å². The van der Waals surface area contributed by atoms with Gasteiger partial charge in [0.2, 0.25) is 0 Å². The van der Waals surface area contributed by atoms with Gasteiger partial charge in [-0.3, -0.25) is 4.98 Å². The first-order valence-electron chi connectivity index (χ1n) is 6.81. The van der Waals surface area contributed by atoms with Crippen molar-refractivity contribution < 1.29 is 9.47 Å². The van der Waals surface area contributed by atoms with Gasteiger partial charge in [0.05, 0.1) is 18.2 Å². The average Bonchev–Trinajstić information content (AvgIpc) is 2.46. The van der Waals surface area contributed by atoms with Gasteiger partial charge >= 0.3 is 0 Å². The first kappa shape index (κ1) is 14.9. The molecule has 1 heterocycles. The Morgan fingerprint density at radius 1 is 1.20 bits per heavy atom. The number of aryl methyl sites for hydroxylation is 1. The normalized spacial score (nSPS) is 12.8. The minimum Gasteiger partial charge on any atom is -0.382 e. The molecular formula is C16H22N2O2. The molecule has 1 unspecified atom stereocenters. The molecule has 0 aliphatic heterocycles. The van der Waals surface area contributed by atoms with Gasteiger partial charge in [-0.1, -0.05) is 12.1 Å². The van der Waals surface area contributed by atoms with E-state index in [-0.39, 0.29) is 6.10 Å². The van der Waals surface area contributed by atoms with Crippen LogP contribution in [0.5, 0.6) is 0 Å². The number of ether oxygens (including phenoxy) is 2. The van der Waals surface area contributed by atoms with E-state index in [0.29, 0.717) is 6.61 Å². The number of aromatic nitrogens is 1. The average molecular weight is 274 g/mol. The van der Waals surface area contributed by atoms with E-state index in [2.05, 4.69) is 34.6 Å². The molecule has 4 heteroatoms. The van der Waals surface area contributed by atoms with E-state index >= 15 is 0 Å². The molecule has 0 aliphatic rings. The Kier molecular flexibility index (Phi) is 5.47. The summed E-state index contributed by atoms with van der Waals surface area (Å²) >= 11 is 0. The van der Waals surface area contributed by atoms with E-state index in [4.69, 9.17) is 9.47 Å². The Hall–Kier alpha value is -1.49. The predicted molar refractivity (Wildman–Crippen MR) is 80.9 cm³/mol. The Morgan fingerprint density at radius 2 is 2.05 bits per heavy atom. The zero-order chi connectivity index (χ0) is 14.4. The number of rotatable bonds is 7. The highest BCUT2D eigenvalue weighted by molar-refractivity contribution is 5.79. The molecule has 20 heavy (non-hydrogen) atoms. The molecule has 0 radical (unpaired) electrons. The molecule has 2 aromatic rings. The molecule has 2 rings (SSSR count). The van der Waals surface area contributed by atoms with Crippen LogP contribution in [0, 0.1) is 6.92 Å².